The maximum absolute atomic E-state index is 17.4. The lowest BCUT2D eigenvalue weighted by molar-refractivity contribution is -0.0977. The molecule has 0 bridgehead atoms. The average Bonchev–Trinajstić information content (AvgIpc) is 1.65. The minimum atomic E-state index is -0.935. The molecule has 0 aliphatic rings. The molecule has 2 aromatic heterocycles. The maximum atomic E-state index is 17.4. The summed E-state index contributed by atoms with van der Waals surface area (Å²) in [4.78, 5) is 0. The first-order valence-corrected chi connectivity index (χ1v) is 34.5. The molecule has 10 heteroatoms. The molecule has 0 saturated carbocycles. The van der Waals surface area contributed by atoms with E-state index in [9.17, 15) is 10.2 Å². The van der Waals surface area contributed by atoms with Crippen molar-refractivity contribution in [3.63, 3.8) is 0 Å². The number of aromatic nitrogens is 2. The first-order chi connectivity index (χ1) is 44.5. The van der Waals surface area contributed by atoms with Gasteiger partial charge >= 0.3 is 0 Å². The number of hydrogen-bond donors (Lipinski definition) is 2. The van der Waals surface area contributed by atoms with Crippen molar-refractivity contribution in [1.29, 1.82) is 0 Å². The summed E-state index contributed by atoms with van der Waals surface area (Å²) in [5, 5.41) is 30.6. The van der Waals surface area contributed by atoms with Gasteiger partial charge in [0.25, 0.3) is 11.5 Å². The fourth-order valence-corrected chi connectivity index (χ4v) is 15.2. The standard InChI is InChI=1S/C87H106F4N2O4/c1-50(96(25)78-66(44-58(88)46-68(78)90)64-36-56(86(21,22)48-80(3,4)5)42-74(76(64)94)92-70-38-52(82(9,10)11)27-31-60(70)61-32-28-53(39-71(61)92)83(12,13)14)35-51(2)97(26)79-67(45-59(89)47-69(79)91)65-37-57(87(23,24)49-81(6,7)8)43-75(77(65)95)93-72-40-54(84(15,16)17)29-33-62(72)63-34-30-55(41-73(63)93)85(18,19)20/h27-34,36-47,50-51,94-95H,25-26,35,48-49H2,1-24H3/t50-,51-/m1/s1. The summed E-state index contributed by atoms with van der Waals surface area (Å²) in [7, 11) is 8.82. The van der Waals surface area contributed by atoms with Crippen LogP contribution in [0, 0.1) is 48.3 Å². The smallest absolute Gasteiger partial charge is 0.271 e. The zero-order chi connectivity index (χ0) is 71.9. The molecule has 2 heterocycles. The highest BCUT2D eigenvalue weighted by molar-refractivity contribution is 6.11. The van der Waals surface area contributed by atoms with Gasteiger partial charge in [-0.15, -0.1) is 0 Å². The number of phenolic OH excluding ortho intramolecular Hbond substituents is 2. The second kappa shape index (κ2) is 24.6. The quantitative estimate of drug-likeness (QED) is 0.0648. The molecule has 0 radical (unpaired) electrons. The second-order valence-corrected chi connectivity index (χ2v) is 35.9. The molecule has 2 N–H and O–H groups in total. The monoisotopic (exact) mass is 1320 g/mol. The molecule has 2 atom stereocenters. The Kier molecular flexibility index (Phi) is 18.3. The van der Waals surface area contributed by atoms with E-state index in [1.165, 1.54) is 12.1 Å². The Labute approximate surface area is 576 Å². The Hall–Kier alpha value is -7.72. The molecular formula is C87H106F4N2O4. The van der Waals surface area contributed by atoms with Gasteiger partial charge < -0.3 is 28.1 Å². The Bertz CT molecular complexity index is 4270. The predicted octanol–water partition coefficient (Wildman–Crippen LogP) is 25.8. The molecule has 8 aromatic carbocycles. The zero-order valence-corrected chi connectivity index (χ0v) is 62.4. The van der Waals surface area contributed by atoms with Crippen LogP contribution in [0.15, 0.2) is 121 Å². The van der Waals surface area contributed by atoms with Crippen LogP contribution in [0.1, 0.15) is 219 Å². The van der Waals surface area contributed by atoms with E-state index in [-0.39, 0.29) is 84.2 Å². The van der Waals surface area contributed by atoms with Crippen molar-refractivity contribution in [3.8, 4) is 56.6 Å². The molecule has 0 spiro atoms. The Balaban J connectivity index is 1.13. The molecule has 0 saturated heterocycles. The van der Waals surface area contributed by atoms with Crippen molar-refractivity contribution >= 4 is 43.6 Å². The van der Waals surface area contributed by atoms with E-state index in [1.54, 1.807) is 0 Å². The van der Waals surface area contributed by atoms with Gasteiger partial charge in [0, 0.05) is 58.7 Å². The first kappa shape index (κ1) is 72.0. The molecule has 10 rings (SSSR count). The molecule has 97 heavy (non-hydrogen) atoms. The number of halogens is 4. The van der Waals surface area contributed by atoms with Crippen molar-refractivity contribution < 1.29 is 36.5 Å². The second-order valence-electron chi connectivity index (χ2n) is 35.9. The van der Waals surface area contributed by atoms with Crippen LogP contribution in [-0.2, 0) is 41.2 Å². The average molecular weight is 1320 g/mol. The minimum Gasteiger partial charge on any atom is -0.707 e. The first-order valence-electron chi connectivity index (χ1n) is 34.5. The Morgan fingerprint density at radius 2 is 0.629 bits per heavy atom. The number of nitrogens with zero attached hydrogens (tertiary/aromatic N) is 2. The van der Waals surface area contributed by atoms with Gasteiger partial charge in [-0.25, -0.2) is 8.78 Å². The fraction of sp³-hybridized carbons (Fsp3) is 0.425. The summed E-state index contributed by atoms with van der Waals surface area (Å²) in [6.07, 6.45) is 0.0168. The molecule has 6 nitrogen and oxygen atoms in total. The topological polar surface area (TPSA) is 55.7 Å². The van der Waals surface area contributed by atoms with Crippen molar-refractivity contribution in [1.82, 2.24) is 9.13 Å². The van der Waals surface area contributed by atoms with Gasteiger partial charge in [0.2, 0.25) is 11.6 Å². The third-order valence-electron chi connectivity index (χ3n) is 19.9. The number of aromatic hydroxyl groups is 2. The number of hydrogen-bond acceptors (Lipinski definition) is 2. The minimum absolute atomic E-state index is 0.0507. The number of benzene rings is 8. The molecule has 0 aliphatic heterocycles. The van der Waals surface area contributed by atoms with Crippen LogP contribution in [0.3, 0.4) is 0 Å². The van der Waals surface area contributed by atoms with Crippen LogP contribution < -0.4 is 0 Å². The lowest BCUT2D eigenvalue weighted by Gasteiger charge is -2.40. The summed E-state index contributed by atoms with van der Waals surface area (Å²) >= 11 is 0. The van der Waals surface area contributed by atoms with E-state index in [0.29, 0.717) is 11.4 Å². The van der Waals surface area contributed by atoms with Crippen LogP contribution in [0.5, 0.6) is 23.0 Å². The Morgan fingerprint density at radius 3 is 0.876 bits per heavy atom. The highest BCUT2D eigenvalue weighted by Crippen LogP contribution is 2.54. The summed E-state index contributed by atoms with van der Waals surface area (Å²) in [6, 6.07) is 37.9. The lowest BCUT2D eigenvalue weighted by Crippen LogP contribution is -2.26. The molecule has 0 fully saturated rings. The van der Waals surface area contributed by atoms with Crippen LogP contribution in [0.4, 0.5) is 17.6 Å². The highest BCUT2D eigenvalue weighted by Gasteiger charge is 2.37. The van der Waals surface area contributed by atoms with Gasteiger partial charge in [-0.3, -0.25) is 0 Å². The highest BCUT2D eigenvalue weighted by atomic mass is 19.1. The van der Waals surface area contributed by atoms with E-state index in [4.69, 9.17) is 0 Å². The third kappa shape index (κ3) is 14.0. The van der Waals surface area contributed by atoms with Gasteiger partial charge in [-0.05, 0) is 164 Å². The largest absolute Gasteiger partial charge is 0.707 e. The number of rotatable bonds is 14. The third-order valence-corrected chi connectivity index (χ3v) is 19.9. The van der Waals surface area contributed by atoms with Gasteiger partial charge in [-0.2, -0.15) is 8.78 Å². The van der Waals surface area contributed by atoms with Crippen LogP contribution in [0.2, 0.25) is 0 Å². The summed E-state index contributed by atoms with van der Waals surface area (Å²) in [6.45, 7) is 51.5. The van der Waals surface area contributed by atoms with Crippen molar-refractivity contribution in [2.24, 2.45) is 10.8 Å². The molecule has 0 aliphatic carbocycles. The van der Waals surface area contributed by atoms with E-state index in [2.05, 4.69) is 257 Å². The predicted molar refractivity (Wildman–Crippen MR) is 400 cm³/mol. The van der Waals surface area contributed by atoms with Crippen molar-refractivity contribution in [2.45, 2.75) is 230 Å². The van der Waals surface area contributed by atoms with Crippen molar-refractivity contribution in [2.75, 3.05) is 0 Å². The van der Waals surface area contributed by atoms with Crippen LogP contribution in [0.25, 0.3) is 77.2 Å². The van der Waals surface area contributed by atoms with Gasteiger partial charge in [-0.1, -0.05) is 201 Å². The van der Waals surface area contributed by atoms with Gasteiger partial charge in [0.15, 0.2) is 12.2 Å². The molecule has 10 aromatic rings. The number of fused-ring (bicyclic) bond motifs is 6. The van der Waals surface area contributed by atoms with Crippen LogP contribution >= 0.6 is 0 Å². The molecular weight excluding hydrogens is 1210 g/mol. The lowest BCUT2D eigenvalue weighted by atomic mass is 9.71. The number of phenols is 2. The summed E-state index contributed by atoms with van der Waals surface area (Å²) in [5.41, 5.74) is 8.72. The summed E-state index contributed by atoms with van der Waals surface area (Å²) in [5.74, 6) is -4.23. The normalized spacial score (nSPS) is 14.0. The van der Waals surface area contributed by atoms with Crippen LogP contribution in [-0.4, -0.2) is 31.6 Å². The fourth-order valence-electron chi connectivity index (χ4n) is 15.2. The zero-order valence-electron chi connectivity index (χ0n) is 62.4. The molecule has 0 unspecified atom stereocenters. The SMILES string of the molecule is [CH2-][O+](c1c(F)cc(F)cc1-c1cc(C(C)(C)CC(C)(C)C)cc(-n2c3cc(C(C)(C)C)ccc3c3ccc(C(C)(C)C)cc32)c1O)[C@H](C)C[C@@H](C)[O+]([CH2-])c1c(F)cc(F)cc1-c1cc(C(C)(C)CC(C)(C)C)cc(-n2c3cc(C(C)(C)C)ccc3c3ccc(C(C)(C)C)cc32)c1O. The van der Waals surface area contributed by atoms with E-state index in [1.807, 2.05) is 38.1 Å². The molecule has 516 valence electrons. The van der Waals surface area contributed by atoms with Gasteiger partial charge in [0.05, 0.1) is 44.6 Å². The van der Waals surface area contributed by atoms with E-state index in [0.717, 1.165) is 102 Å². The maximum Gasteiger partial charge on any atom is 0.271 e. The molecule has 0 amide bonds. The summed E-state index contributed by atoms with van der Waals surface area (Å²) < 4.78 is 77.2. The Morgan fingerprint density at radius 1 is 0.361 bits per heavy atom. The van der Waals surface area contributed by atoms with Crippen molar-refractivity contribution in [3.05, 3.63) is 192 Å². The van der Waals surface area contributed by atoms with E-state index >= 15 is 17.6 Å². The van der Waals surface area contributed by atoms with Gasteiger partial charge in [0.1, 0.15) is 29.6 Å². The van der Waals surface area contributed by atoms with E-state index < -0.39 is 46.3 Å².